The van der Waals surface area contributed by atoms with Gasteiger partial charge in [-0.25, -0.2) is 0 Å². The zero-order valence-corrected chi connectivity index (χ0v) is 14.6. The largest absolute Gasteiger partial charge is 0.492 e. The van der Waals surface area contributed by atoms with Crippen molar-refractivity contribution < 1.29 is 9.53 Å². The lowest BCUT2D eigenvalue weighted by atomic mass is 9.90. The molecule has 0 aliphatic carbocycles. The molecule has 0 bridgehead atoms. The topological polar surface area (TPSA) is 64.3 Å². The van der Waals surface area contributed by atoms with Crippen LogP contribution in [-0.2, 0) is 4.79 Å². The van der Waals surface area contributed by atoms with Gasteiger partial charge in [0.2, 0.25) is 5.91 Å². The summed E-state index contributed by atoms with van der Waals surface area (Å²) in [5, 5.41) is 3.02. The molecule has 0 fully saturated rings. The third-order valence-electron chi connectivity index (χ3n) is 3.17. The number of benzene rings is 1. The van der Waals surface area contributed by atoms with Crippen LogP contribution >= 0.6 is 15.9 Å². The summed E-state index contributed by atoms with van der Waals surface area (Å²) in [5.41, 5.74) is 5.44. The summed E-state index contributed by atoms with van der Waals surface area (Å²) in [6.07, 6.45) is 1.18. The summed E-state index contributed by atoms with van der Waals surface area (Å²) >= 11 is 3.41. The molecule has 0 spiro atoms. The van der Waals surface area contributed by atoms with E-state index in [1.165, 1.54) is 0 Å². The van der Waals surface area contributed by atoms with E-state index in [4.69, 9.17) is 10.5 Å². The third-order valence-corrected chi connectivity index (χ3v) is 3.83. The third kappa shape index (κ3) is 6.48. The van der Waals surface area contributed by atoms with Gasteiger partial charge >= 0.3 is 0 Å². The van der Waals surface area contributed by atoms with E-state index in [2.05, 4.69) is 35.1 Å². The first-order chi connectivity index (χ1) is 9.86. The lowest BCUT2D eigenvalue weighted by molar-refractivity contribution is -0.123. The lowest BCUT2D eigenvalue weighted by Gasteiger charge is -2.31. The summed E-state index contributed by atoms with van der Waals surface area (Å²) in [7, 11) is 0. The number of ether oxygens (including phenoxy) is 1. The normalized spacial score (nSPS) is 13.8. The van der Waals surface area contributed by atoms with Crippen LogP contribution in [0.3, 0.4) is 0 Å². The second-order valence-electron chi connectivity index (χ2n) is 5.94. The molecule has 0 aromatic heterocycles. The molecule has 0 radical (unpaired) electrons. The Labute approximate surface area is 135 Å². The maximum Gasteiger partial charge on any atom is 0.223 e. The molecule has 3 N–H and O–H groups in total. The Morgan fingerprint density at radius 2 is 2.10 bits per heavy atom. The van der Waals surface area contributed by atoms with Crippen LogP contribution in [0.15, 0.2) is 28.7 Å². The number of hydrogen-bond donors (Lipinski definition) is 2. The van der Waals surface area contributed by atoms with Crippen molar-refractivity contribution in [2.75, 3.05) is 13.2 Å². The Morgan fingerprint density at radius 3 is 2.67 bits per heavy atom. The van der Waals surface area contributed by atoms with Gasteiger partial charge in [-0.15, -0.1) is 0 Å². The monoisotopic (exact) mass is 356 g/mol. The molecule has 1 aromatic carbocycles. The maximum absolute atomic E-state index is 12.0. The maximum atomic E-state index is 12.0. The predicted octanol–water partition coefficient (Wildman–Crippen LogP) is 3.10. The van der Waals surface area contributed by atoms with Crippen molar-refractivity contribution in [3.05, 3.63) is 28.7 Å². The first-order valence-corrected chi connectivity index (χ1v) is 8.04. The number of para-hydroxylation sites is 1. The van der Waals surface area contributed by atoms with Crippen LogP contribution in [0.2, 0.25) is 0 Å². The summed E-state index contributed by atoms with van der Waals surface area (Å²) in [6, 6.07) is 7.59. The SMILES string of the molecule is CC(C)CC(C)(CN)NC(=O)CCOc1ccccc1Br. The van der Waals surface area contributed by atoms with Gasteiger partial charge in [0.05, 0.1) is 17.5 Å². The molecule has 5 heteroatoms. The Morgan fingerprint density at radius 1 is 1.43 bits per heavy atom. The minimum Gasteiger partial charge on any atom is -0.492 e. The molecule has 21 heavy (non-hydrogen) atoms. The number of halogens is 1. The highest BCUT2D eigenvalue weighted by atomic mass is 79.9. The Kier molecular flexibility index (Phi) is 7.18. The van der Waals surface area contributed by atoms with Crippen molar-refractivity contribution in [3.8, 4) is 5.75 Å². The molecule has 4 nitrogen and oxygen atoms in total. The van der Waals surface area contributed by atoms with Crippen LogP contribution in [0.25, 0.3) is 0 Å². The minimum absolute atomic E-state index is 0.0318. The number of amides is 1. The number of hydrogen-bond acceptors (Lipinski definition) is 3. The minimum atomic E-state index is -0.349. The number of carbonyl (C=O) groups is 1. The molecule has 1 unspecified atom stereocenters. The van der Waals surface area contributed by atoms with Gasteiger partial charge < -0.3 is 15.8 Å². The second-order valence-corrected chi connectivity index (χ2v) is 6.79. The van der Waals surface area contributed by atoms with Crippen molar-refractivity contribution in [3.63, 3.8) is 0 Å². The molecule has 1 rings (SSSR count). The second kappa shape index (κ2) is 8.39. The van der Waals surface area contributed by atoms with Gasteiger partial charge in [0.25, 0.3) is 0 Å². The average Bonchev–Trinajstić information content (AvgIpc) is 2.40. The van der Waals surface area contributed by atoms with E-state index in [1.807, 2.05) is 31.2 Å². The zero-order chi connectivity index (χ0) is 15.9. The van der Waals surface area contributed by atoms with Crippen molar-refractivity contribution in [2.24, 2.45) is 11.7 Å². The fourth-order valence-corrected chi connectivity index (χ4v) is 2.70. The summed E-state index contributed by atoms with van der Waals surface area (Å²) in [5.74, 6) is 1.19. The van der Waals surface area contributed by atoms with E-state index in [1.54, 1.807) is 0 Å². The van der Waals surface area contributed by atoms with Crippen molar-refractivity contribution in [1.82, 2.24) is 5.32 Å². The van der Waals surface area contributed by atoms with Gasteiger partial charge in [0.15, 0.2) is 0 Å². The molecule has 1 amide bonds. The molecule has 0 aliphatic rings. The fourth-order valence-electron chi connectivity index (χ4n) is 2.30. The van der Waals surface area contributed by atoms with Crippen LogP contribution in [0, 0.1) is 5.92 Å². The molecule has 0 aliphatic heterocycles. The molecule has 0 saturated carbocycles. The number of nitrogens with two attached hydrogens (primary N) is 1. The van der Waals surface area contributed by atoms with Crippen LogP contribution < -0.4 is 15.8 Å². The molecule has 0 saturated heterocycles. The highest BCUT2D eigenvalue weighted by Crippen LogP contribution is 2.23. The lowest BCUT2D eigenvalue weighted by Crippen LogP contribution is -2.52. The zero-order valence-electron chi connectivity index (χ0n) is 13.0. The first-order valence-electron chi connectivity index (χ1n) is 7.25. The number of rotatable bonds is 8. The highest BCUT2D eigenvalue weighted by molar-refractivity contribution is 9.10. The van der Waals surface area contributed by atoms with Crippen LogP contribution in [-0.4, -0.2) is 24.6 Å². The van der Waals surface area contributed by atoms with E-state index < -0.39 is 0 Å². The van der Waals surface area contributed by atoms with Crippen molar-refractivity contribution in [2.45, 2.75) is 39.2 Å². The quantitative estimate of drug-likeness (QED) is 0.752. The van der Waals surface area contributed by atoms with Gasteiger partial charge in [-0.1, -0.05) is 26.0 Å². The molecule has 0 heterocycles. The standard InChI is InChI=1S/C16H25BrN2O2/c1-12(2)10-16(3,11-18)19-15(20)8-9-21-14-7-5-4-6-13(14)17/h4-7,12H,8-11,18H2,1-3H3,(H,19,20). The van der Waals surface area contributed by atoms with E-state index in [0.29, 0.717) is 25.5 Å². The molecule has 118 valence electrons. The number of nitrogens with one attached hydrogen (secondary N) is 1. The fraction of sp³-hybridized carbons (Fsp3) is 0.562. The van der Waals surface area contributed by atoms with Gasteiger partial charge in [0, 0.05) is 12.1 Å². The summed E-state index contributed by atoms with van der Waals surface area (Å²) in [4.78, 5) is 12.0. The molecule has 1 aromatic rings. The average molecular weight is 357 g/mol. The molecular weight excluding hydrogens is 332 g/mol. The van der Waals surface area contributed by atoms with Crippen LogP contribution in [0.4, 0.5) is 0 Å². The smallest absolute Gasteiger partial charge is 0.223 e. The predicted molar refractivity (Wildman–Crippen MR) is 89.3 cm³/mol. The van der Waals surface area contributed by atoms with E-state index in [-0.39, 0.29) is 11.4 Å². The van der Waals surface area contributed by atoms with E-state index in [9.17, 15) is 4.79 Å². The Bertz CT molecular complexity index is 465. The van der Waals surface area contributed by atoms with Gasteiger partial charge in [-0.3, -0.25) is 4.79 Å². The molecule has 1 atom stereocenters. The highest BCUT2D eigenvalue weighted by Gasteiger charge is 2.25. The van der Waals surface area contributed by atoms with Gasteiger partial charge in [0.1, 0.15) is 5.75 Å². The van der Waals surface area contributed by atoms with Crippen molar-refractivity contribution in [1.29, 1.82) is 0 Å². The van der Waals surface area contributed by atoms with Gasteiger partial charge in [-0.2, -0.15) is 0 Å². The Hall–Kier alpha value is -1.07. The molecular formula is C16H25BrN2O2. The van der Waals surface area contributed by atoms with E-state index in [0.717, 1.165) is 16.6 Å². The van der Waals surface area contributed by atoms with Gasteiger partial charge in [-0.05, 0) is 47.3 Å². The Balaban J connectivity index is 2.42. The van der Waals surface area contributed by atoms with Crippen molar-refractivity contribution >= 4 is 21.8 Å². The summed E-state index contributed by atoms with van der Waals surface area (Å²) in [6.45, 7) is 7.00. The van der Waals surface area contributed by atoms with Crippen LogP contribution in [0.5, 0.6) is 5.75 Å². The first kappa shape index (κ1) is 18.0. The van der Waals surface area contributed by atoms with E-state index >= 15 is 0 Å². The summed E-state index contributed by atoms with van der Waals surface area (Å²) < 4.78 is 6.48. The van der Waals surface area contributed by atoms with Crippen LogP contribution in [0.1, 0.15) is 33.6 Å². The number of carbonyl (C=O) groups excluding carboxylic acids is 1.